The molecular formula is C38H55N3O6. The zero-order chi connectivity index (χ0) is 34.1. The summed E-state index contributed by atoms with van der Waals surface area (Å²) in [4.78, 5) is 50.1. The molecule has 9 nitrogen and oxygen atoms in total. The van der Waals surface area contributed by atoms with Crippen LogP contribution in [0.1, 0.15) is 79.6 Å². The van der Waals surface area contributed by atoms with E-state index >= 15 is 4.79 Å². The van der Waals surface area contributed by atoms with Crippen LogP contribution in [0.15, 0.2) is 49.6 Å². The highest BCUT2D eigenvalue weighted by Gasteiger charge is 2.80. The number of rotatable bonds is 14. The zero-order valence-electron chi connectivity index (χ0n) is 29.0. The second kappa shape index (κ2) is 14.1. The van der Waals surface area contributed by atoms with Gasteiger partial charge in [0, 0.05) is 24.8 Å². The smallest absolute Gasteiger partial charge is 0.248 e. The molecule has 2 bridgehead atoms. The van der Waals surface area contributed by atoms with Crippen LogP contribution in [-0.4, -0.2) is 88.3 Å². The standard InChI is InChI=1S/C38H55N3O6/c1-8-20-39(28-16-18-30(19-17-28)46-10-3)34(43)31-32-35(44)41(29(24-42)22-25(4)5)33(38(32)23-26(6)37(31,7)47-38)36(45)40(21-9-2)27-14-12-11-13-15-27/h8-9,16-19,25-27,29,31-33,42H,1-2,10-15,20-24H2,3-7H3/t26?,29-,31+,32+,33?,37-,38?/m1/s1. The summed E-state index contributed by atoms with van der Waals surface area (Å²) in [5.74, 6) is -1.57. The van der Waals surface area contributed by atoms with Gasteiger partial charge in [0.2, 0.25) is 17.7 Å². The first-order chi connectivity index (χ1) is 22.5. The molecule has 0 radical (unpaired) electrons. The highest BCUT2D eigenvalue weighted by molar-refractivity contribution is 6.03. The van der Waals surface area contributed by atoms with Crippen molar-refractivity contribution in [2.24, 2.45) is 23.7 Å². The first-order valence-corrected chi connectivity index (χ1v) is 17.7. The van der Waals surface area contributed by atoms with E-state index in [2.05, 4.69) is 20.1 Å². The topological polar surface area (TPSA) is 99.6 Å². The van der Waals surface area contributed by atoms with Crippen molar-refractivity contribution in [1.29, 1.82) is 0 Å². The van der Waals surface area contributed by atoms with Gasteiger partial charge in [-0.2, -0.15) is 0 Å². The molecule has 7 atom stereocenters. The lowest BCUT2D eigenvalue weighted by atomic mass is 9.62. The number of anilines is 1. The molecule has 4 aliphatic rings. The summed E-state index contributed by atoms with van der Waals surface area (Å²) in [6.07, 6.45) is 9.49. The van der Waals surface area contributed by atoms with Crippen molar-refractivity contribution in [3.63, 3.8) is 0 Å². The number of fused-ring (bicyclic) bond motifs is 1. The van der Waals surface area contributed by atoms with Gasteiger partial charge in [-0.15, -0.1) is 13.2 Å². The van der Waals surface area contributed by atoms with Gasteiger partial charge in [0.1, 0.15) is 17.4 Å². The van der Waals surface area contributed by atoms with Crippen molar-refractivity contribution in [3.05, 3.63) is 49.6 Å². The molecule has 3 amide bonds. The Kier molecular flexibility index (Phi) is 10.6. The molecule has 4 fully saturated rings. The Labute approximate surface area is 280 Å². The minimum Gasteiger partial charge on any atom is -0.494 e. The summed E-state index contributed by atoms with van der Waals surface area (Å²) in [7, 11) is 0. The number of hydrogen-bond donors (Lipinski definition) is 1. The molecule has 47 heavy (non-hydrogen) atoms. The maximum absolute atomic E-state index is 15.1. The van der Waals surface area contributed by atoms with Crippen molar-refractivity contribution in [2.75, 3.05) is 31.2 Å². The van der Waals surface area contributed by atoms with Gasteiger partial charge >= 0.3 is 0 Å². The van der Waals surface area contributed by atoms with E-state index in [9.17, 15) is 14.7 Å². The minimum absolute atomic E-state index is 0.0473. The van der Waals surface area contributed by atoms with Gasteiger partial charge in [-0.05, 0) is 75.6 Å². The average molecular weight is 650 g/mol. The number of aliphatic hydroxyl groups is 1. The van der Waals surface area contributed by atoms with Gasteiger partial charge in [-0.25, -0.2) is 0 Å². The van der Waals surface area contributed by atoms with Gasteiger partial charge in [0.25, 0.3) is 0 Å². The molecule has 0 aromatic heterocycles. The molecule has 1 aromatic carbocycles. The number of ether oxygens (including phenoxy) is 2. The maximum atomic E-state index is 15.1. The third-order valence-corrected chi connectivity index (χ3v) is 11.3. The molecule has 1 aliphatic carbocycles. The lowest BCUT2D eigenvalue weighted by Crippen LogP contribution is -2.60. The molecule has 3 heterocycles. The summed E-state index contributed by atoms with van der Waals surface area (Å²) in [5.41, 5.74) is -1.49. The van der Waals surface area contributed by atoms with Crippen molar-refractivity contribution < 1.29 is 29.0 Å². The summed E-state index contributed by atoms with van der Waals surface area (Å²) in [5, 5.41) is 10.7. The number of likely N-dealkylation sites (tertiary alicyclic amines) is 1. The third-order valence-electron chi connectivity index (χ3n) is 11.3. The molecule has 3 unspecified atom stereocenters. The molecule has 1 N–H and O–H groups in total. The van der Waals surface area contributed by atoms with Crippen LogP contribution in [0.4, 0.5) is 5.69 Å². The number of carbonyl (C=O) groups is 3. The van der Waals surface area contributed by atoms with Crippen molar-refractivity contribution in [3.8, 4) is 5.75 Å². The number of benzene rings is 1. The largest absolute Gasteiger partial charge is 0.494 e. The summed E-state index contributed by atoms with van der Waals surface area (Å²) in [6, 6.07) is 5.88. The second-order valence-corrected chi connectivity index (χ2v) is 14.7. The highest BCUT2D eigenvalue weighted by atomic mass is 16.5. The van der Waals surface area contributed by atoms with Crippen LogP contribution in [-0.2, 0) is 19.1 Å². The van der Waals surface area contributed by atoms with Crippen LogP contribution in [0.3, 0.4) is 0 Å². The Morgan fingerprint density at radius 3 is 2.34 bits per heavy atom. The van der Waals surface area contributed by atoms with Crippen molar-refractivity contribution >= 4 is 23.4 Å². The fourth-order valence-electron chi connectivity index (χ4n) is 9.16. The summed E-state index contributed by atoms with van der Waals surface area (Å²) in [6.45, 7) is 18.8. The van der Waals surface area contributed by atoms with E-state index < -0.39 is 35.1 Å². The molecule has 9 heteroatoms. The van der Waals surface area contributed by atoms with Crippen molar-refractivity contribution in [1.82, 2.24) is 9.80 Å². The van der Waals surface area contributed by atoms with E-state index in [1.807, 2.05) is 56.9 Å². The van der Waals surface area contributed by atoms with Crippen molar-refractivity contribution in [2.45, 2.75) is 109 Å². The Bertz CT molecular complexity index is 1320. The van der Waals surface area contributed by atoms with E-state index in [0.717, 1.165) is 32.1 Å². The lowest BCUT2D eigenvalue weighted by Gasteiger charge is -2.42. The normalized spacial score (nSPS) is 30.7. The van der Waals surface area contributed by atoms with Crippen LogP contribution in [0.5, 0.6) is 5.75 Å². The fraction of sp³-hybridized carbons (Fsp3) is 0.658. The number of nitrogens with zero attached hydrogens (tertiary/aromatic N) is 3. The number of carbonyl (C=O) groups excluding carboxylic acids is 3. The maximum Gasteiger partial charge on any atom is 0.248 e. The molecule has 258 valence electrons. The van der Waals surface area contributed by atoms with E-state index in [0.29, 0.717) is 37.4 Å². The molecule has 1 spiro atoms. The molecule has 1 aromatic rings. The Morgan fingerprint density at radius 1 is 1.11 bits per heavy atom. The quantitative estimate of drug-likeness (QED) is 0.272. The Morgan fingerprint density at radius 2 is 1.77 bits per heavy atom. The predicted octanol–water partition coefficient (Wildman–Crippen LogP) is 5.37. The molecule has 3 saturated heterocycles. The first kappa shape index (κ1) is 35.1. The lowest BCUT2D eigenvalue weighted by molar-refractivity contribution is -0.157. The van der Waals surface area contributed by atoms with Gasteiger partial charge in [0.15, 0.2) is 0 Å². The highest BCUT2D eigenvalue weighted by Crippen LogP contribution is 2.66. The van der Waals surface area contributed by atoms with Crippen LogP contribution in [0.2, 0.25) is 0 Å². The third kappa shape index (κ3) is 6.03. The Balaban J connectivity index is 1.61. The molecule has 5 rings (SSSR count). The van der Waals surface area contributed by atoms with E-state index in [-0.39, 0.29) is 48.8 Å². The first-order valence-electron chi connectivity index (χ1n) is 17.7. The van der Waals surface area contributed by atoms with E-state index in [4.69, 9.17) is 9.47 Å². The minimum atomic E-state index is -1.19. The monoisotopic (exact) mass is 649 g/mol. The van der Waals surface area contributed by atoms with E-state index in [1.54, 1.807) is 22.0 Å². The second-order valence-electron chi connectivity index (χ2n) is 14.7. The predicted molar refractivity (Wildman–Crippen MR) is 183 cm³/mol. The SMILES string of the molecule is C=CCN(C(=O)[C@@H]1[C@H]2C(=O)N([C@@H](CO)CC(C)C)C(C(=O)N(CC=C)C3CCCCC3)C23CC(C)[C@@]1(C)O3)c1ccc(OCC)cc1. The fourth-order valence-corrected chi connectivity index (χ4v) is 9.16. The zero-order valence-corrected chi connectivity index (χ0v) is 29.0. The number of aliphatic hydroxyl groups excluding tert-OH is 1. The molecular weight excluding hydrogens is 594 g/mol. The summed E-state index contributed by atoms with van der Waals surface area (Å²) >= 11 is 0. The van der Waals surface area contributed by atoms with E-state index in [1.165, 1.54) is 0 Å². The van der Waals surface area contributed by atoms with Crippen LogP contribution >= 0.6 is 0 Å². The molecule has 3 aliphatic heterocycles. The molecule has 1 saturated carbocycles. The average Bonchev–Trinajstić information content (AvgIpc) is 3.58. The number of amides is 3. The van der Waals surface area contributed by atoms with Crippen LogP contribution < -0.4 is 9.64 Å². The summed E-state index contributed by atoms with van der Waals surface area (Å²) < 4.78 is 12.7. The van der Waals surface area contributed by atoms with Crippen LogP contribution in [0, 0.1) is 23.7 Å². The van der Waals surface area contributed by atoms with Gasteiger partial charge in [-0.3, -0.25) is 14.4 Å². The van der Waals surface area contributed by atoms with Gasteiger partial charge in [-0.1, -0.05) is 52.2 Å². The Hall–Kier alpha value is -3.17. The van der Waals surface area contributed by atoms with Crippen LogP contribution in [0.25, 0.3) is 0 Å². The van der Waals surface area contributed by atoms with Gasteiger partial charge < -0.3 is 29.3 Å². The van der Waals surface area contributed by atoms with Gasteiger partial charge in [0.05, 0.1) is 36.7 Å². The number of hydrogen-bond acceptors (Lipinski definition) is 6.